The molecule has 0 heterocycles. The van der Waals surface area contributed by atoms with E-state index in [1.165, 1.54) is 0 Å². The summed E-state index contributed by atoms with van der Waals surface area (Å²) in [7, 11) is -3.41. The highest BCUT2D eigenvalue weighted by Crippen LogP contribution is 2.16. The zero-order valence-electron chi connectivity index (χ0n) is 12.5. The minimum Gasteiger partial charge on any atom is -0.313 e. The molecular formula is C16H24N2O2S. The lowest BCUT2D eigenvalue weighted by molar-refractivity contribution is 0.522. The van der Waals surface area contributed by atoms with E-state index in [2.05, 4.69) is 23.0 Å². The molecular weight excluding hydrogens is 284 g/mol. The molecule has 0 amide bonds. The van der Waals surface area contributed by atoms with Gasteiger partial charge in [0, 0.05) is 12.6 Å². The molecule has 1 aromatic rings. The van der Waals surface area contributed by atoms with Crippen molar-refractivity contribution < 1.29 is 8.42 Å². The fourth-order valence-corrected chi connectivity index (χ4v) is 3.67. The highest BCUT2D eigenvalue weighted by atomic mass is 32.2. The second-order valence-electron chi connectivity index (χ2n) is 5.42. The van der Waals surface area contributed by atoms with Crippen molar-refractivity contribution in [2.45, 2.75) is 50.1 Å². The molecule has 0 bridgehead atoms. The average molecular weight is 308 g/mol. The summed E-state index contributed by atoms with van der Waals surface area (Å²) in [4.78, 5) is 0.344. The standard InChI is InChI=1S/C16H24N2O2S/c1-2-12-17-13-14-8-10-16(11-9-14)21(19,20)18-15-6-4-3-5-7-15/h3-4,8-11,15,17-18H,2,5-7,12-13H2,1H3. The summed E-state index contributed by atoms with van der Waals surface area (Å²) < 4.78 is 27.4. The Labute approximate surface area is 127 Å². The highest BCUT2D eigenvalue weighted by Gasteiger charge is 2.20. The van der Waals surface area contributed by atoms with Crippen LogP contribution < -0.4 is 10.0 Å². The fourth-order valence-electron chi connectivity index (χ4n) is 2.38. The number of hydrogen-bond acceptors (Lipinski definition) is 3. The summed E-state index contributed by atoms with van der Waals surface area (Å²) in [5.41, 5.74) is 1.10. The van der Waals surface area contributed by atoms with E-state index in [9.17, 15) is 8.42 Å². The molecule has 0 saturated carbocycles. The Morgan fingerprint density at radius 1 is 1.19 bits per heavy atom. The van der Waals surface area contributed by atoms with Gasteiger partial charge in [-0.05, 0) is 49.9 Å². The van der Waals surface area contributed by atoms with Gasteiger partial charge in [-0.2, -0.15) is 0 Å². The number of hydrogen-bond donors (Lipinski definition) is 2. The summed E-state index contributed by atoms with van der Waals surface area (Å²) >= 11 is 0. The van der Waals surface area contributed by atoms with Gasteiger partial charge in [-0.3, -0.25) is 0 Å². The predicted octanol–water partition coefficient (Wildman–Crippen LogP) is 2.57. The Kier molecular flexibility index (Phi) is 5.96. The molecule has 0 radical (unpaired) electrons. The molecule has 1 aliphatic rings. The number of sulfonamides is 1. The first-order valence-corrected chi connectivity index (χ1v) is 9.07. The molecule has 0 aliphatic heterocycles. The smallest absolute Gasteiger partial charge is 0.240 e. The highest BCUT2D eigenvalue weighted by molar-refractivity contribution is 7.89. The third-order valence-corrected chi connectivity index (χ3v) is 5.12. The molecule has 1 aromatic carbocycles. The van der Waals surface area contributed by atoms with Crippen molar-refractivity contribution in [2.75, 3.05) is 6.54 Å². The first-order valence-electron chi connectivity index (χ1n) is 7.59. The van der Waals surface area contributed by atoms with E-state index in [1.54, 1.807) is 12.1 Å². The second kappa shape index (κ2) is 7.73. The molecule has 0 aromatic heterocycles. The van der Waals surface area contributed by atoms with E-state index in [0.29, 0.717) is 4.90 Å². The number of benzene rings is 1. The van der Waals surface area contributed by atoms with Crippen LogP contribution in [0.3, 0.4) is 0 Å². The van der Waals surface area contributed by atoms with Crippen LogP contribution in [0.5, 0.6) is 0 Å². The van der Waals surface area contributed by atoms with Gasteiger partial charge in [0.2, 0.25) is 10.0 Å². The summed E-state index contributed by atoms with van der Waals surface area (Å²) in [6.45, 7) is 3.86. The Balaban J connectivity index is 1.97. The summed E-state index contributed by atoms with van der Waals surface area (Å²) in [5.74, 6) is 0. The topological polar surface area (TPSA) is 58.2 Å². The molecule has 21 heavy (non-hydrogen) atoms. The SMILES string of the molecule is CCCNCc1ccc(S(=O)(=O)NC2CC=CCC2)cc1. The van der Waals surface area contributed by atoms with Gasteiger partial charge in [0.15, 0.2) is 0 Å². The molecule has 116 valence electrons. The minimum atomic E-state index is -3.41. The Morgan fingerprint density at radius 2 is 1.95 bits per heavy atom. The van der Waals surface area contributed by atoms with Crippen LogP contribution in [0.15, 0.2) is 41.3 Å². The van der Waals surface area contributed by atoms with Gasteiger partial charge in [-0.15, -0.1) is 0 Å². The van der Waals surface area contributed by atoms with Gasteiger partial charge in [0.1, 0.15) is 0 Å². The third kappa shape index (κ3) is 4.95. The van der Waals surface area contributed by atoms with Crippen LogP contribution in [0, 0.1) is 0 Å². The maximum Gasteiger partial charge on any atom is 0.240 e. The lowest BCUT2D eigenvalue weighted by atomic mass is 10.0. The first-order chi connectivity index (χ1) is 10.1. The largest absolute Gasteiger partial charge is 0.313 e. The monoisotopic (exact) mass is 308 g/mol. The lowest BCUT2D eigenvalue weighted by Gasteiger charge is -2.19. The van der Waals surface area contributed by atoms with E-state index in [0.717, 1.165) is 44.3 Å². The molecule has 2 rings (SSSR count). The van der Waals surface area contributed by atoms with Crippen LogP contribution >= 0.6 is 0 Å². The van der Waals surface area contributed by atoms with Crippen LogP contribution in [0.25, 0.3) is 0 Å². The van der Waals surface area contributed by atoms with Crippen LogP contribution in [0.4, 0.5) is 0 Å². The van der Waals surface area contributed by atoms with Crippen molar-refractivity contribution in [3.63, 3.8) is 0 Å². The summed E-state index contributed by atoms with van der Waals surface area (Å²) in [5, 5.41) is 3.30. The molecule has 0 spiro atoms. The Hall–Kier alpha value is -1.17. The molecule has 1 unspecified atom stereocenters. The molecule has 0 saturated heterocycles. The number of allylic oxidation sites excluding steroid dienone is 1. The maximum atomic E-state index is 12.3. The molecule has 5 heteroatoms. The quantitative estimate of drug-likeness (QED) is 0.601. The number of nitrogens with one attached hydrogen (secondary N) is 2. The zero-order chi connectivity index (χ0) is 15.1. The summed E-state index contributed by atoms with van der Waals surface area (Å²) in [6, 6.07) is 7.13. The zero-order valence-corrected chi connectivity index (χ0v) is 13.3. The van der Waals surface area contributed by atoms with Crippen LogP contribution in [0.1, 0.15) is 38.2 Å². The first kappa shape index (κ1) is 16.2. The number of rotatable bonds is 7. The van der Waals surface area contributed by atoms with E-state index in [-0.39, 0.29) is 6.04 Å². The fraction of sp³-hybridized carbons (Fsp3) is 0.500. The van der Waals surface area contributed by atoms with Crippen molar-refractivity contribution in [2.24, 2.45) is 0 Å². The Morgan fingerprint density at radius 3 is 2.57 bits per heavy atom. The Bertz CT molecular complexity index is 564. The molecule has 4 nitrogen and oxygen atoms in total. The normalized spacial score (nSPS) is 18.8. The van der Waals surface area contributed by atoms with Crippen molar-refractivity contribution in [1.29, 1.82) is 0 Å². The molecule has 1 aliphatic carbocycles. The van der Waals surface area contributed by atoms with E-state index < -0.39 is 10.0 Å². The third-order valence-electron chi connectivity index (χ3n) is 3.58. The van der Waals surface area contributed by atoms with Crippen molar-refractivity contribution in [3.8, 4) is 0 Å². The van der Waals surface area contributed by atoms with Crippen molar-refractivity contribution in [3.05, 3.63) is 42.0 Å². The van der Waals surface area contributed by atoms with E-state index in [1.807, 2.05) is 18.2 Å². The maximum absolute atomic E-state index is 12.3. The molecule has 2 N–H and O–H groups in total. The average Bonchev–Trinajstić information content (AvgIpc) is 2.49. The van der Waals surface area contributed by atoms with Gasteiger partial charge < -0.3 is 5.32 Å². The predicted molar refractivity (Wildman–Crippen MR) is 85.5 cm³/mol. The molecule has 0 fully saturated rings. The lowest BCUT2D eigenvalue weighted by Crippen LogP contribution is -2.35. The van der Waals surface area contributed by atoms with Gasteiger partial charge in [-0.1, -0.05) is 31.2 Å². The van der Waals surface area contributed by atoms with Crippen molar-refractivity contribution in [1.82, 2.24) is 10.0 Å². The van der Waals surface area contributed by atoms with E-state index in [4.69, 9.17) is 0 Å². The van der Waals surface area contributed by atoms with Crippen LogP contribution in [0.2, 0.25) is 0 Å². The van der Waals surface area contributed by atoms with Gasteiger partial charge in [-0.25, -0.2) is 13.1 Å². The van der Waals surface area contributed by atoms with Gasteiger partial charge in [0.05, 0.1) is 4.90 Å². The van der Waals surface area contributed by atoms with Crippen LogP contribution in [-0.4, -0.2) is 21.0 Å². The van der Waals surface area contributed by atoms with Gasteiger partial charge in [0.25, 0.3) is 0 Å². The van der Waals surface area contributed by atoms with E-state index >= 15 is 0 Å². The van der Waals surface area contributed by atoms with Crippen molar-refractivity contribution >= 4 is 10.0 Å². The molecule has 1 atom stereocenters. The summed E-state index contributed by atoms with van der Waals surface area (Å²) in [6.07, 6.45) is 7.82. The van der Waals surface area contributed by atoms with Crippen LogP contribution in [-0.2, 0) is 16.6 Å². The second-order valence-corrected chi connectivity index (χ2v) is 7.14. The minimum absolute atomic E-state index is 0.0193. The van der Waals surface area contributed by atoms with Gasteiger partial charge >= 0.3 is 0 Å².